The van der Waals surface area contributed by atoms with Gasteiger partial charge in [0.1, 0.15) is 0 Å². The molecular formula is C42H49Br2ClN8O3. The van der Waals surface area contributed by atoms with Crippen LogP contribution in [0.2, 0.25) is 5.28 Å². The Morgan fingerprint density at radius 3 is 1.68 bits per heavy atom. The molecule has 0 atom stereocenters. The lowest BCUT2D eigenvalue weighted by Crippen LogP contribution is -2.36. The van der Waals surface area contributed by atoms with Gasteiger partial charge in [-0.2, -0.15) is 0 Å². The molecule has 0 spiro atoms. The van der Waals surface area contributed by atoms with Crippen LogP contribution in [0.25, 0.3) is 21.8 Å². The van der Waals surface area contributed by atoms with Gasteiger partial charge in [-0.1, -0.05) is 37.6 Å². The summed E-state index contributed by atoms with van der Waals surface area (Å²) in [5.41, 5.74) is 13.9. The number of fused-ring (bicyclic) bond motifs is 2. The molecule has 2 aromatic heterocycles. The number of aliphatic hydroxyl groups excluding tert-OH is 1. The second-order valence-corrected chi connectivity index (χ2v) is 15.1. The van der Waals surface area contributed by atoms with Crippen molar-refractivity contribution in [2.45, 2.75) is 33.6 Å². The number of aryl methyl sites for hydroxylation is 2. The number of nitrogens with one attached hydrogen (secondary N) is 1. The van der Waals surface area contributed by atoms with Crippen molar-refractivity contribution >= 4 is 94.0 Å². The highest BCUT2D eigenvalue weighted by atomic mass is 79.9. The van der Waals surface area contributed by atoms with Crippen LogP contribution in [0, 0.1) is 13.8 Å². The predicted octanol–water partition coefficient (Wildman–Crippen LogP) is 9.52. The van der Waals surface area contributed by atoms with Crippen LogP contribution in [0.3, 0.4) is 0 Å². The van der Waals surface area contributed by atoms with Crippen molar-refractivity contribution in [1.29, 1.82) is 0 Å². The van der Waals surface area contributed by atoms with Gasteiger partial charge in [0.2, 0.25) is 11.2 Å². The Morgan fingerprint density at radius 2 is 1.20 bits per heavy atom. The van der Waals surface area contributed by atoms with Crippen LogP contribution in [-0.4, -0.2) is 84.3 Å². The average Bonchev–Trinajstić information content (AvgIpc) is 3.23. The Kier molecular flexibility index (Phi) is 16.9. The summed E-state index contributed by atoms with van der Waals surface area (Å²) in [6.07, 6.45) is 5.60. The number of morpholine rings is 2. The number of ether oxygens (including phenoxy) is 2. The number of nitrogens with two attached hydrogens (primary N) is 1. The molecule has 0 bridgehead atoms. The van der Waals surface area contributed by atoms with Gasteiger partial charge in [-0.15, -0.1) is 0 Å². The highest BCUT2D eigenvalue weighted by molar-refractivity contribution is 9.11. The van der Waals surface area contributed by atoms with Crippen LogP contribution >= 0.6 is 43.5 Å². The van der Waals surface area contributed by atoms with E-state index < -0.39 is 0 Å². The number of anilines is 5. The first-order valence-electron chi connectivity index (χ1n) is 18.6. The second kappa shape index (κ2) is 22.0. The molecule has 11 nitrogen and oxygen atoms in total. The summed E-state index contributed by atoms with van der Waals surface area (Å²) in [7, 11) is 0. The molecule has 0 unspecified atom stereocenters. The van der Waals surface area contributed by atoms with E-state index in [9.17, 15) is 0 Å². The topological polar surface area (TPSA) is 135 Å². The van der Waals surface area contributed by atoms with Crippen molar-refractivity contribution in [3.05, 3.63) is 111 Å². The first kappa shape index (κ1) is 43.0. The number of halogens is 3. The summed E-state index contributed by atoms with van der Waals surface area (Å²) in [4.78, 5) is 21.8. The van der Waals surface area contributed by atoms with Crippen molar-refractivity contribution < 1.29 is 14.6 Å². The first-order chi connectivity index (χ1) is 27.2. The highest BCUT2D eigenvalue weighted by Crippen LogP contribution is 2.28. The van der Waals surface area contributed by atoms with Crippen LogP contribution in [0.5, 0.6) is 0 Å². The van der Waals surface area contributed by atoms with Gasteiger partial charge in [-0.05, 0) is 123 Å². The van der Waals surface area contributed by atoms with E-state index in [0.29, 0.717) is 12.6 Å². The fraction of sp³-hybridized carbons (Fsp3) is 0.333. The molecule has 0 saturated carbocycles. The standard InChI is InChI=1S/C19H19BrN4O.C10H14N2O.C9H6BrClN2.C4H10O/c1-13-2-3-14-12-21-19(23-18(14)17(13)20)22-15-4-6-16(7-5-15)24-8-10-25-11-9-24;11-9-1-3-10(4-2-9)12-5-7-13-8-6-12;1-5-2-3-6-4-12-9(11)13-8(6)7(5)10;1-2-3-4-5/h2-7,12H,8-11H2,1H3,(H,21,22,23);1-4H,5-8,11H2;2-4H,1H3;5H,2-4H2,1H3. The minimum atomic E-state index is 0.277. The van der Waals surface area contributed by atoms with Gasteiger partial charge in [0.05, 0.1) is 37.5 Å². The first-order valence-corrected chi connectivity index (χ1v) is 20.6. The summed E-state index contributed by atoms with van der Waals surface area (Å²) in [6, 6.07) is 24.4. The summed E-state index contributed by atoms with van der Waals surface area (Å²) in [6.45, 7) is 13.5. The molecule has 0 radical (unpaired) electrons. The van der Waals surface area contributed by atoms with Gasteiger partial charge in [-0.3, -0.25) is 0 Å². The van der Waals surface area contributed by atoms with Crippen molar-refractivity contribution in [2.75, 3.05) is 80.1 Å². The molecule has 8 rings (SSSR count). The number of nitrogen functional groups attached to an aromatic ring is 1. The fourth-order valence-corrected chi connectivity index (χ4v) is 6.77. The molecule has 56 heavy (non-hydrogen) atoms. The minimum Gasteiger partial charge on any atom is -0.399 e. The minimum absolute atomic E-state index is 0.277. The number of aromatic nitrogens is 4. The molecule has 2 aliphatic heterocycles. The van der Waals surface area contributed by atoms with Crippen LogP contribution in [0.1, 0.15) is 30.9 Å². The molecule has 4 heterocycles. The molecule has 296 valence electrons. The van der Waals surface area contributed by atoms with Gasteiger partial charge < -0.3 is 35.4 Å². The summed E-state index contributed by atoms with van der Waals surface area (Å²) in [5.74, 6) is 0.595. The van der Waals surface area contributed by atoms with Crippen molar-refractivity contribution in [1.82, 2.24) is 19.9 Å². The van der Waals surface area contributed by atoms with E-state index in [1.807, 2.05) is 43.5 Å². The van der Waals surface area contributed by atoms with Crippen LogP contribution in [-0.2, 0) is 9.47 Å². The van der Waals surface area contributed by atoms with Gasteiger partial charge in [0, 0.05) is 87.6 Å². The summed E-state index contributed by atoms with van der Waals surface area (Å²) in [5, 5.41) is 13.6. The number of unbranched alkanes of at least 4 members (excludes halogenated alkanes) is 1. The third kappa shape index (κ3) is 12.4. The largest absolute Gasteiger partial charge is 0.399 e. The predicted molar refractivity (Wildman–Crippen MR) is 238 cm³/mol. The van der Waals surface area contributed by atoms with E-state index in [0.717, 1.165) is 119 Å². The van der Waals surface area contributed by atoms with Gasteiger partial charge >= 0.3 is 0 Å². The van der Waals surface area contributed by atoms with E-state index in [1.54, 1.807) is 6.20 Å². The highest BCUT2D eigenvalue weighted by Gasteiger charge is 2.12. The van der Waals surface area contributed by atoms with Crippen molar-refractivity contribution in [3.8, 4) is 0 Å². The lowest BCUT2D eigenvalue weighted by atomic mass is 10.2. The normalized spacial score (nSPS) is 13.8. The third-order valence-corrected chi connectivity index (χ3v) is 11.2. The number of hydrogen-bond acceptors (Lipinski definition) is 11. The van der Waals surface area contributed by atoms with Crippen LogP contribution in [0.4, 0.5) is 28.7 Å². The molecule has 0 aliphatic carbocycles. The van der Waals surface area contributed by atoms with Crippen molar-refractivity contribution in [2.24, 2.45) is 0 Å². The molecule has 6 aromatic rings. The van der Waals surface area contributed by atoms with Gasteiger partial charge in [0.15, 0.2) is 0 Å². The lowest BCUT2D eigenvalue weighted by Gasteiger charge is -2.28. The van der Waals surface area contributed by atoms with Crippen LogP contribution < -0.4 is 20.9 Å². The zero-order chi connectivity index (χ0) is 39.9. The zero-order valence-corrected chi connectivity index (χ0v) is 35.9. The summed E-state index contributed by atoms with van der Waals surface area (Å²) >= 11 is 12.8. The number of aliphatic hydroxyl groups is 1. The monoisotopic (exact) mass is 906 g/mol. The zero-order valence-electron chi connectivity index (χ0n) is 32.0. The van der Waals surface area contributed by atoms with E-state index in [-0.39, 0.29) is 5.28 Å². The number of nitrogens with zero attached hydrogens (tertiary/aromatic N) is 6. The third-order valence-electron chi connectivity index (χ3n) is 9.02. The molecule has 0 amide bonds. The van der Waals surface area contributed by atoms with E-state index in [4.69, 9.17) is 31.9 Å². The fourth-order valence-electron chi connectivity index (χ4n) is 5.74. The van der Waals surface area contributed by atoms with Gasteiger partial charge in [-0.25, -0.2) is 19.9 Å². The van der Waals surface area contributed by atoms with Gasteiger partial charge in [0.25, 0.3) is 0 Å². The van der Waals surface area contributed by atoms with E-state index >= 15 is 0 Å². The molecule has 2 aliphatic rings. The Bertz CT molecular complexity index is 2130. The quantitative estimate of drug-likeness (QED) is 0.109. The molecular weight excluding hydrogens is 860 g/mol. The SMILES string of the molecule is CCCCO.Cc1ccc2cnc(Cl)nc2c1Br.Cc1ccc2cnc(Nc3ccc(N4CCOCC4)cc3)nc2c1Br.Nc1ccc(N2CCOCC2)cc1. The molecule has 14 heteroatoms. The maximum Gasteiger partial charge on any atom is 0.227 e. The maximum atomic E-state index is 8.07. The average molecular weight is 909 g/mol. The molecule has 4 aromatic carbocycles. The molecule has 4 N–H and O–H groups in total. The lowest BCUT2D eigenvalue weighted by molar-refractivity contribution is 0.122. The Morgan fingerprint density at radius 1 is 0.714 bits per heavy atom. The number of hydrogen-bond donors (Lipinski definition) is 3. The Balaban J connectivity index is 0.000000163. The Labute approximate surface area is 350 Å². The van der Waals surface area contributed by atoms with E-state index in [1.165, 1.54) is 11.4 Å². The smallest absolute Gasteiger partial charge is 0.227 e. The second-order valence-electron chi connectivity index (χ2n) is 13.1. The number of benzene rings is 4. The van der Waals surface area contributed by atoms with Crippen molar-refractivity contribution in [3.63, 3.8) is 0 Å². The maximum absolute atomic E-state index is 8.07. The van der Waals surface area contributed by atoms with Crippen LogP contribution in [0.15, 0.2) is 94.1 Å². The molecule has 2 saturated heterocycles. The Hall–Kier alpha value is -4.11. The molecule has 2 fully saturated rings. The number of rotatable bonds is 6. The summed E-state index contributed by atoms with van der Waals surface area (Å²) < 4.78 is 12.7. The van der Waals surface area contributed by atoms with E-state index in [2.05, 4.69) is 123 Å².